The molecule has 0 aliphatic carbocycles. The van der Waals surface area contributed by atoms with Gasteiger partial charge in [0, 0.05) is 11.6 Å². The number of benzene rings is 1. The van der Waals surface area contributed by atoms with E-state index in [2.05, 4.69) is 5.48 Å². The highest BCUT2D eigenvalue weighted by atomic mass is 35.5. The van der Waals surface area contributed by atoms with E-state index in [9.17, 15) is 5.11 Å². The average molecular weight is 266 g/mol. The molecule has 0 saturated heterocycles. The van der Waals surface area contributed by atoms with Crippen LogP contribution < -0.4 is 5.48 Å². The molecule has 0 aliphatic heterocycles. The van der Waals surface area contributed by atoms with Crippen LogP contribution >= 0.6 is 23.2 Å². The Bertz CT molecular complexity index is 347. The van der Waals surface area contributed by atoms with Crippen LogP contribution in [0.5, 0.6) is 5.75 Å². The second kappa shape index (κ2) is 6.81. The van der Waals surface area contributed by atoms with Crippen molar-refractivity contribution in [2.24, 2.45) is 0 Å². The molecule has 0 amide bonds. The maximum atomic E-state index is 9.56. The fourth-order valence-corrected chi connectivity index (χ4v) is 1.51. The number of phenolic OH excluding ortho intramolecular Hbond substituents is 1. The predicted octanol–water partition coefficient (Wildman–Crippen LogP) is 3.08. The third kappa shape index (κ3) is 4.06. The van der Waals surface area contributed by atoms with Gasteiger partial charge in [-0.1, -0.05) is 23.2 Å². The van der Waals surface area contributed by atoms with Gasteiger partial charge in [0.2, 0.25) is 0 Å². The van der Waals surface area contributed by atoms with Crippen LogP contribution in [0, 0.1) is 0 Å². The zero-order valence-corrected chi connectivity index (χ0v) is 10.3. The Morgan fingerprint density at radius 1 is 1.31 bits per heavy atom. The van der Waals surface area contributed by atoms with Gasteiger partial charge in [-0.25, -0.2) is 0 Å². The molecule has 0 heterocycles. The van der Waals surface area contributed by atoms with Crippen molar-refractivity contribution in [1.29, 1.82) is 0 Å². The monoisotopic (exact) mass is 265 g/mol. The quantitative estimate of drug-likeness (QED) is 0.472. The number of halogens is 2. The van der Waals surface area contributed by atoms with E-state index >= 15 is 0 Å². The normalized spacial score (nSPS) is 10.4. The molecular weight excluding hydrogens is 253 g/mol. The highest BCUT2D eigenvalue weighted by Gasteiger charge is 2.07. The minimum Gasteiger partial charge on any atom is -0.504 e. The number of anilines is 1. The number of phenols is 1. The summed E-state index contributed by atoms with van der Waals surface area (Å²) < 4.78 is 5.07. The molecule has 0 fully saturated rings. The van der Waals surface area contributed by atoms with Gasteiger partial charge < -0.3 is 9.84 Å². The maximum absolute atomic E-state index is 9.56. The molecule has 0 atom stereocenters. The number of rotatable bonds is 6. The Morgan fingerprint density at radius 2 is 2.06 bits per heavy atom. The van der Waals surface area contributed by atoms with E-state index in [-0.39, 0.29) is 10.8 Å². The molecule has 0 aliphatic rings. The van der Waals surface area contributed by atoms with Crippen LogP contribution in [0.2, 0.25) is 10.0 Å². The van der Waals surface area contributed by atoms with Crippen LogP contribution in [-0.4, -0.2) is 24.9 Å². The number of nitrogens with one attached hydrogen (secondary N) is 1. The zero-order valence-electron chi connectivity index (χ0n) is 8.80. The summed E-state index contributed by atoms with van der Waals surface area (Å²) in [5.41, 5.74) is 2.88. The highest BCUT2D eigenvalue weighted by Crippen LogP contribution is 2.34. The summed E-state index contributed by atoms with van der Waals surface area (Å²) >= 11 is 11.5. The summed E-state index contributed by atoms with van der Waals surface area (Å²) in [5.74, 6) is -0.0949. The van der Waals surface area contributed by atoms with Crippen LogP contribution in [0.25, 0.3) is 0 Å². The van der Waals surface area contributed by atoms with E-state index in [1.807, 2.05) is 6.92 Å². The van der Waals surface area contributed by atoms with Crippen LogP contribution in [-0.2, 0) is 9.57 Å². The Kier molecular flexibility index (Phi) is 5.69. The van der Waals surface area contributed by atoms with Crippen molar-refractivity contribution in [1.82, 2.24) is 0 Å². The lowest BCUT2D eigenvalue weighted by atomic mass is 10.3. The van der Waals surface area contributed by atoms with Gasteiger partial charge >= 0.3 is 0 Å². The standard InChI is InChI=1S/C10H13Cl2NO3/c1-2-15-3-4-16-13-9-6-7(11)5-8(12)10(9)14/h5-6,13-14H,2-4H2,1H3. The van der Waals surface area contributed by atoms with Gasteiger partial charge in [0.15, 0.2) is 5.75 Å². The Balaban J connectivity index is 2.47. The maximum Gasteiger partial charge on any atom is 0.159 e. The van der Waals surface area contributed by atoms with Crippen molar-refractivity contribution in [3.63, 3.8) is 0 Å². The lowest BCUT2D eigenvalue weighted by molar-refractivity contribution is 0.0762. The number of hydrogen-bond donors (Lipinski definition) is 2. The van der Waals surface area contributed by atoms with Gasteiger partial charge in [0.25, 0.3) is 0 Å². The van der Waals surface area contributed by atoms with Crippen LogP contribution in [0.1, 0.15) is 6.92 Å². The molecule has 1 aromatic carbocycles. The molecule has 0 bridgehead atoms. The fraction of sp³-hybridized carbons (Fsp3) is 0.400. The van der Waals surface area contributed by atoms with Gasteiger partial charge in [-0.05, 0) is 19.1 Å². The van der Waals surface area contributed by atoms with Crippen molar-refractivity contribution < 1.29 is 14.7 Å². The Hall–Kier alpha value is -0.680. The molecule has 0 unspecified atom stereocenters. The van der Waals surface area contributed by atoms with Gasteiger partial charge in [-0.2, -0.15) is 0 Å². The Labute approximate surface area is 104 Å². The minimum absolute atomic E-state index is 0.0949. The molecule has 16 heavy (non-hydrogen) atoms. The lowest BCUT2D eigenvalue weighted by Crippen LogP contribution is -2.08. The molecular formula is C10H13Cl2NO3. The Morgan fingerprint density at radius 3 is 2.75 bits per heavy atom. The number of hydrogen-bond acceptors (Lipinski definition) is 4. The third-order valence-corrected chi connectivity index (χ3v) is 2.25. The van der Waals surface area contributed by atoms with Crippen molar-refractivity contribution in [2.75, 3.05) is 25.3 Å². The summed E-state index contributed by atoms with van der Waals surface area (Å²) in [7, 11) is 0. The summed E-state index contributed by atoms with van der Waals surface area (Å²) in [6, 6.07) is 2.97. The van der Waals surface area contributed by atoms with Gasteiger partial charge in [0.05, 0.1) is 18.2 Å². The first kappa shape index (κ1) is 13.4. The molecule has 0 spiro atoms. The van der Waals surface area contributed by atoms with E-state index in [4.69, 9.17) is 32.8 Å². The lowest BCUT2D eigenvalue weighted by Gasteiger charge is -2.10. The fourth-order valence-electron chi connectivity index (χ4n) is 1.02. The minimum atomic E-state index is -0.0949. The van der Waals surface area contributed by atoms with Crippen LogP contribution in [0.4, 0.5) is 5.69 Å². The van der Waals surface area contributed by atoms with Gasteiger partial charge in [0.1, 0.15) is 5.69 Å². The third-order valence-electron chi connectivity index (χ3n) is 1.74. The first-order chi connectivity index (χ1) is 7.65. The van der Waals surface area contributed by atoms with Crippen LogP contribution in [0.3, 0.4) is 0 Å². The molecule has 0 radical (unpaired) electrons. The smallest absolute Gasteiger partial charge is 0.159 e. The molecule has 0 aromatic heterocycles. The predicted molar refractivity (Wildman–Crippen MR) is 64.2 cm³/mol. The van der Waals surface area contributed by atoms with E-state index in [1.54, 1.807) is 0 Å². The summed E-state index contributed by atoms with van der Waals surface area (Å²) in [6.07, 6.45) is 0. The van der Waals surface area contributed by atoms with E-state index in [0.29, 0.717) is 30.5 Å². The van der Waals surface area contributed by atoms with Gasteiger partial charge in [-0.3, -0.25) is 10.3 Å². The summed E-state index contributed by atoms with van der Waals surface area (Å²) in [5, 5.41) is 10.1. The highest BCUT2D eigenvalue weighted by molar-refractivity contribution is 6.36. The molecule has 4 nitrogen and oxygen atoms in total. The molecule has 0 saturated carbocycles. The second-order valence-corrected chi connectivity index (χ2v) is 3.77. The van der Waals surface area contributed by atoms with E-state index in [0.717, 1.165) is 0 Å². The first-order valence-corrected chi connectivity index (χ1v) is 5.54. The number of ether oxygens (including phenoxy) is 1. The molecule has 1 aromatic rings. The van der Waals surface area contributed by atoms with E-state index < -0.39 is 0 Å². The SMILES string of the molecule is CCOCCONc1cc(Cl)cc(Cl)c1O. The van der Waals surface area contributed by atoms with Crippen molar-refractivity contribution >= 4 is 28.9 Å². The molecule has 6 heteroatoms. The largest absolute Gasteiger partial charge is 0.504 e. The molecule has 2 N–H and O–H groups in total. The van der Waals surface area contributed by atoms with E-state index in [1.165, 1.54) is 12.1 Å². The molecule has 90 valence electrons. The zero-order chi connectivity index (χ0) is 12.0. The second-order valence-electron chi connectivity index (χ2n) is 2.93. The number of aromatic hydroxyl groups is 1. The first-order valence-electron chi connectivity index (χ1n) is 4.78. The van der Waals surface area contributed by atoms with Crippen molar-refractivity contribution in [3.05, 3.63) is 22.2 Å². The van der Waals surface area contributed by atoms with Crippen molar-refractivity contribution in [2.45, 2.75) is 6.92 Å². The summed E-state index contributed by atoms with van der Waals surface area (Å²) in [4.78, 5) is 5.06. The average Bonchev–Trinajstić information content (AvgIpc) is 2.24. The summed E-state index contributed by atoms with van der Waals surface area (Å²) in [6.45, 7) is 3.36. The van der Waals surface area contributed by atoms with Crippen LogP contribution in [0.15, 0.2) is 12.1 Å². The molecule has 1 rings (SSSR count). The van der Waals surface area contributed by atoms with Gasteiger partial charge in [-0.15, -0.1) is 0 Å². The van der Waals surface area contributed by atoms with Crippen molar-refractivity contribution in [3.8, 4) is 5.75 Å². The topological polar surface area (TPSA) is 50.7 Å².